The minimum absolute atomic E-state index is 0.203. The van der Waals surface area contributed by atoms with Crippen molar-refractivity contribution >= 4 is 0 Å². The number of aliphatic hydroxyl groups excluding tert-OH is 1. The fourth-order valence-electron chi connectivity index (χ4n) is 8.91. The molecule has 0 spiro atoms. The summed E-state index contributed by atoms with van der Waals surface area (Å²) in [5.74, 6) is 6.14. The molecular formula is C27H46O. The van der Waals surface area contributed by atoms with Crippen molar-refractivity contribution in [2.24, 2.45) is 52.3 Å². The van der Waals surface area contributed by atoms with Gasteiger partial charge in [0.05, 0.1) is 6.10 Å². The first kappa shape index (κ1) is 21.0. The van der Waals surface area contributed by atoms with E-state index in [2.05, 4.69) is 46.8 Å². The number of allylic oxidation sites excluding steroid dienone is 1. The lowest BCUT2D eigenvalue weighted by molar-refractivity contribution is -0.106. The van der Waals surface area contributed by atoms with Gasteiger partial charge in [-0.3, -0.25) is 0 Å². The molecule has 1 N–H and O–H groups in total. The summed E-state index contributed by atoms with van der Waals surface area (Å²) in [5, 5.41) is 10.4. The van der Waals surface area contributed by atoms with Crippen LogP contribution < -0.4 is 0 Å². The molecule has 160 valence electrons. The average Bonchev–Trinajstić information content (AvgIpc) is 2.98. The summed E-state index contributed by atoms with van der Waals surface area (Å²) in [6, 6.07) is 0. The highest BCUT2D eigenvalue weighted by Crippen LogP contribution is 2.67. The van der Waals surface area contributed by atoms with E-state index in [0.29, 0.717) is 16.7 Å². The maximum Gasteiger partial charge on any atom is 0.0726 e. The highest BCUT2D eigenvalue weighted by atomic mass is 16.3. The van der Waals surface area contributed by atoms with Crippen molar-refractivity contribution < 1.29 is 5.11 Å². The Hall–Kier alpha value is -0.300. The molecule has 0 bridgehead atoms. The van der Waals surface area contributed by atoms with E-state index in [-0.39, 0.29) is 6.10 Å². The van der Waals surface area contributed by atoms with Crippen LogP contribution in [0.5, 0.6) is 0 Å². The largest absolute Gasteiger partial charge is 0.389 e. The van der Waals surface area contributed by atoms with Crippen LogP contribution in [0.3, 0.4) is 0 Å². The van der Waals surface area contributed by atoms with Gasteiger partial charge >= 0.3 is 0 Å². The number of fused-ring (bicyclic) bond motifs is 5. The second kappa shape index (κ2) is 7.75. The van der Waals surface area contributed by atoms with Crippen molar-refractivity contribution in [3.63, 3.8) is 0 Å². The number of hydrogen-bond donors (Lipinski definition) is 1. The predicted molar refractivity (Wildman–Crippen MR) is 119 cm³/mol. The quantitative estimate of drug-likeness (QED) is 0.493. The van der Waals surface area contributed by atoms with Crippen LogP contribution in [0.2, 0.25) is 0 Å². The van der Waals surface area contributed by atoms with E-state index in [9.17, 15) is 5.11 Å². The molecule has 0 saturated heterocycles. The molecule has 0 aromatic rings. The normalized spacial score (nSPS) is 48.8. The van der Waals surface area contributed by atoms with E-state index in [1.807, 2.05) is 0 Å². The Morgan fingerprint density at radius 3 is 2.39 bits per heavy atom. The molecule has 4 aliphatic rings. The summed E-state index contributed by atoms with van der Waals surface area (Å²) in [6.07, 6.45) is 18.2. The molecule has 0 aromatic heterocycles. The van der Waals surface area contributed by atoms with E-state index >= 15 is 0 Å². The number of hydrogen-bond acceptors (Lipinski definition) is 1. The van der Waals surface area contributed by atoms with E-state index in [4.69, 9.17) is 0 Å². The van der Waals surface area contributed by atoms with Gasteiger partial charge in [-0.1, -0.05) is 66.0 Å². The Labute approximate surface area is 174 Å². The summed E-state index contributed by atoms with van der Waals surface area (Å²) < 4.78 is 0. The summed E-state index contributed by atoms with van der Waals surface area (Å²) in [5.41, 5.74) is 0.935. The van der Waals surface area contributed by atoms with Crippen LogP contribution in [0, 0.1) is 52.3 Å². The van der Waals surface area contributed by atoms with Gasteiger partial charge in [0.2, 0.25) is 0 Å². The highest BCUT2D eigenvalue weighted by Gasteiger charge is 2.60. The third-order valence-corrected chi connectivity index (χ3v) is 10.4. The SMILES string of the molecule is CC(C)CCC[C@@H](C)[C@H]1CC[C@H]2[C@@H]3CC[C@H]4C=C[C@@H](O)C[C@]4(C)[C@H]3CC[C@]12C. The smallest absolute Gasteiger partial charge is 0.0726 e. The molecule has 0 unspecified atom stereocenters. The van der Waals surface area contributed by atoms with Gasteiger partial charge < -0.3 is 5.11 Å². The average molecular weight is 387 g/mol. The lowest BCUT2D eigenvalue weighted by Gasteiger charge is -2.60. The zero-order valence-corrected chi connectivity index (χ0v) is 19.3. The molecule has 0 heterocycles. The highest BCUT2D eigenvalue weighted by molar-refractivity contribution is 5.15. The van der Waals surface area contributed by atoms with Gasteiger partial charge in [0.15, 0.2) is 0 Å². The Bertz CT molecular complexity index is 579. The molecule has 9 atom stereocenters. The van der Waals surface area contributed by atoms with Crippen LogP contribution >= 0.6 is 0 Å². The maximum atomic E-state index is 10.4. The molecule has 1 nitrogen and oxygen atoms in total. The molecule has 0 aliphatic heterocycles. The van der Waals surface area contributed by atoms with Crippen molar-refractivity contribution in [1.29, 1.82) is 0 Å². The van der Waals surface area contributed by atoms with Gasteiger partial charge in [0, 0.05) is 0 Å². The molecular weight excluding hydrogens is 340 g/mol. The van der Waals surface area contributed by atoms with Crippen molar-refractivity contribution in [3.05, 3.63) is 12.2 Å². The number of rotatable bonds is 5. The number of aliphatic hydroxyl groups is 1. The van der Waals surface area contributed by atoms with Crippen LogP contribution in [0.4, 0.5) is 0 Å². The molecule has 0 aromatic carbocycles. The minimum atomic E-state index is -0.203. The van der Waals surface area contributed by atoms with Crippen LogP contribution in [0.15, 0.2) is 12.2 Å². The first-order valence-electron chi connectivity index (χ1n) is 12.6. The summed E-state index contributed by atoms with van der Waals surface area (Å²) in [4.78, 5) is 0. The molecule has 4 aliphatic carbocycles. The van der Waals surface area contributed by atoms with Gasteiger partial charge in [-0.2, -0.15) is 0 Å². The van der Waals surface area contributed by atoms with E-state index < -0.39 is 0 Å². The second-order valence-electron chi connectivity index (χ2n) is 12.3. The summed E-state index contributed by atoms with van der Waals surface area (Å²) in [6.45, 7) is 12.5. The topological polar surface area (TPSA) is 20.2 Å². The van der Waals surface area contributed by atoms with Gasteiger partial charge in [-0.15, -0.1) is 0 Å². The molecule has 4 rings (SSSR count). The van der Waals surface area contributed by atoms with Crippen molar-refractivity contribution in [2.75, 3.05) is 0 Å². The van der Waals surface area contributed by atoms with Crippen molar-refractivity contribution in [2.45, 2.75) is 105 Å². The maximum absolute atomic E-state index is 10.4. The molecule has 0 radical (unpaired) electrons. The molecule has 3 saturated carbocycles. The van der Waals surface area contributed by atoms with E-state index in [1.165, 1.54) is 57.8 Å². The summed E-state index contributed by atoms with van der Waals surface area (Å²) >= 11 is 0. The van der Waals surface area contributed by atoms with Crippen LogP contribution in [-0.2, 0) is 0 Å². The van der Waals surface area contributed by atoms with Crippen molar-refractivity contribution in [3.8, 4) is 0 Å². The molecule has 3 fully saturated rings. The zero-order valence-electron chi connectivity index (χ0n) is 19.3. The fourth-order valence-corrected chi connectivity index (χ4v) is 8.91. The second-order valence-corrected chi connectivity index (χ2v) is 12.3. The lowest BCUT2D eigenvalue weighted by Crippen LogP contribution is -2.53. The van der Waals surface area contributed by atoms with Crippen molar-refractivity contribution in [1.82, 2.24) is 0 Å². The monoisotopic (exact) mass is 386 g/mol. The van der Waals surface area contributed by atoms with Crippen LogP contribution in [0.1, 0.15) is 98.8 Å². The van der Waals surface area contributed by atoms with Crippen LogP contribution in [-0.4, -0.2) is 11.2 Å². The Morgan fingerprint density at radius 1 is 0.893 bits per heavy atom. The van der Waals surface area contributed by atoms with Gasteiger partial charge in [-0.25, -0.2) is 0 Å². The molecule has 28 heavy (non-hydrogen) atoms. The fraction of sp³-hybridized carbons (Fsp3) is 0.926. The third-order valence-electron chi connectivity index (χ3n) is 10.4. The molecule has 0 amide bonds. The standard InChI is InChI=1S/C27H46O/c1-18(2)7-6-8-19(3)23-13-14-24-22-12-10-20-9-11-21(28)17-27(20,5)25(22)15-16-26(23,24)4/h9,11,18-25,28H,6-8,10,12-17H2,1-5H3/t19-,20-,21-,22+,23-,24+,25+,26-,27+/m1/s1. The molecule has 1 heteroatoms. The Kier molecular flexibility index (Phi) is 5.80. The lowest BCUT2D eigenvalue weighted by atomic mass is 9.45. The first-order chi connectivity index (χ1) is 13.3. The summed E-state index contributed by atoms with van der Waals surface area (Å²) in [7, 11) is 0. The van der Waals surface area contributed by atoms with Gasteiger partial charge in [-0.05, 0) is 97.2 Å². The minimum Gasteiger partial charge on any atom is -0.389 e. The van der Waals surface area contributed by atoms with E-state index in [1.54, 1.807) is 0 Å². The van der Waals surface area contributed by atoms with Crippen LogP contribution in [0.25, 0.3) is 0 Å². The van der Waals surface area contributed by atoms with Gasteiger partial charge in [0.25, 0.3) is 0 Å². The predicted octanol–water partition coefficient (Wildman–Crippen LogP) is 7.24. The zero-order chi connectivity index (χ0) is 20.1. The third kappa shape index (κ3) is 3.42. The van der Waals surface area contributed by atoms with E-state index in [0.717, 1.165) is 41.9 Å². The Morgan fingerprint density at radius 2 is 1.64 bits per heavy atom. The Balaban J connectivity index is 1.48. The first-order valence-corrected chi connectivity index (χ1v) is 12.6. The van der Waals surface area contributed by atoms with Gasteiger partial charge in [0.1, 0.15) is 0 Å².